The van der Waals surface area contributed by atoms with Crippen LogP contribution < -0.4 is 5.73 Å². The van der Waals surface area contributed by atoms with Crippen LogP contribution >= 0.6 is 0 Å². The van der Waals surface area contributed by atoms with Gasteiger partial charge in [-0.15, -0.1) is 0 Å². The number of carbonyl (C=O) groups excluding carboxylic acids is 1. The van der Waals surface area contributed by atoms with Crippen LogP contribution in [-0.2, 0) is 9.53 Å². The van der Waals surface area contributed by atoms with Gasteiger partial charge in [0.25, 0.3) is 0 Å². The summed E-state index contributed by atoms with van der Waals surface area (Å²) in [5.74, 6) is -0.547. The van der Waals surface area contributed by atoms with E-state index in [4.69, 9.17) is 10.5 Å². The predicted molar refractivity (Wildman–Crippen MR) is 76.7 cm³/mol. The Morgan fingerprint density at radius 1 is 1.21 bits per heavy atom. The summed E-state index contributed by atoms with van der Waals surface area (Å²) in [6.07, 6.45) is 0.667. The molecule has 0 amide bonds. The van der Waals surface area contributed by atoms with Gasteiger partial charge in [0.05, 0.1) is 13.0 Å². The highest BCUT2D eigenvalue weighted by molar-refractivity contribution is 5.83. The molecule has 2 rings (SSSR count). The van der Waals surface area contributed by atoms with E-state index in [0.29, 0.717) is 6.42 Å². The third kappa shape index (κ3) is 2.76. The first-order valence-electron chi connectivity index (χ1n) is 6.49. The van der Waals surface area contributed by atoms with E-state index in [1.165, 1.54) is 12.5 Å². The highest BCUT2D eigenvalue weighted by Gasteiger charge is 2.25. The third-order valence-electron chi connectivity index (χ3n) is 3.54. The lowest BCUT2D eigenvalue weighted by molar-refractivity contribution is -0.146. The highest BCUT2D eigenvalue weighted by Crippen LogP contribution is 2.26. The van der Waals surface area contributed by atoms with Crippen LogP contribution in [0.4, 0.5) is 0 Å². The first kappa shape index (κ1) is 13.6. The molecule has 3 heteroatoms. The second kappa shape index (κ2) is 5.85. The maximum absolute atomic E-state index is 11.7. The Labute approximate surface area is 113 Å². The number of hydrogen-bond donors (Lipinski definition) is 1. The van der Waals surface area contributed by atoms with Gasteiger partial charge < -0.3 is 10.5 Å². The zero-order chi connectivity index (χ0) is 13.8. The Bertz CT molecular complexity index is 580. The molecule has 0 aliphatic rings. The molecule has 2 aromatic rings. The molecule has 2 unspecified atom stereocenters. The van der Waals surface area contributed by atoms with E-state index in [1.807, 2.05) is 43.3 Å². The van der Waals surface area contributed by atoms with Crippen molar-refractivity contribution in [2.24, 2.45) is 11.7 Å². The summed E-state index contributed by atoms with van der Waals surface area (Å²) in [5.41, 5.74) is 7.18. The van der Waals surface area contributed by atoms with Crippen molar-refractivity contribution >= 4 is 16.7 Å². The van der Waals surface area contributed by atoms with Crippen LogP contribution in [0.5, 0.6) is 0 Å². The average molecular weight is 257 g/mol. The molecule has 0 heterocycles. The maximum Gasteiger partial charge on any atom is 0.310 e. The van der Waals surface area contributed by atoms with E-state index in [-0.39, 0.29) is 17.9 Å². The van der Waals surface area contributed by atoms with Crippen LogP contribution in [0.25, 0.3) is 10.8 Å². The number of rotatable bonds is 4. The minimum absolute atomic E-state index is 0.247. The zero-order valence-corrected chi connectivity index (χ0v) is 11.3. The maximum atomic E-state index is 11.7. The van der Waals surface area contributed by atoms with Crippen molar-refractivity contribution in [3.63, 3.8) is 0 Å². The molecule has 2 N–H and O–H groups in total. The minimum Gasteiger partial charge on any atom is -0.469 e. The van der Waals surface area contributed by atoms with Crippen LogP contribution in [0.15, 0.2) is 42.5 Å². The number of benzene rings is 2. The molecule has 0 saturated heterocycles. The smallest absolute Gasteiger partial charge is 0.310 e. The quantitative estimate of drug-likeness (QED) is 0.856. The second-order valence-corrected chi connectivity index (χ2v) is 4.67. The largest absolute Gasteiger partial charge is 0.469 e. The summed E-state index contributed by atoms with van der Waals surface area (Å²) in [5, 5.41) is 2.31. The number of ether oxygens (including phenoxy) is 1. The van der Waals surface area contributed by atoms with Crippen molar-refractivity contribution < 1.29 is 9.53 Å². The minimum atomic E-state index is -0.331. The molecule has 0 fully saturated rings. The fraction of sp³-hybridized carbons (Fsp3) is 0.312. The first-order chi connectivity index (χ1) is 9.17. The molecule has 100 valence electrons. The fourth-order valence-corrected chi connectivity index (χ4v) is 2.37. The lowest BCUT2D eigenvalue weighted by atomic mass is 9.90. The number of nitrogens with two attached hydrogens (primary N) is 1. The normalized spacial score (nSPS) is 14.1. The number of carbonyl (C=O) groups is 1. The zero-order valence-electron chi connectivity index (χ0n) is 11.3. The van der Waals surface area contributed by atoms with Gasteiger partial charge >= 0.3 is 5.97 Å². The number of esters is 1. The van der Waals surface area contributed by atoms with E-state index in [9.17, 15) is 4.79 Å². The number of fused-ring (bicyclic) bond motifs is 1. The number of methoxy groups -OCH3 is 1. The summed E-state index contributed by atoms with van der Waals surface area (Å²) in [6.45, 7) is 1.95. The van der Waals surface area contributed by atoms with E-state index < -0.39 is 0 Å². The van der Waals surface area contributed by atoms with Gasteiger partial charge in [0.1, 0.15) is 0 Å². The second-order valence-electron chi connectivity index (χ2n) is 4.67. The molecule has 0 aliphatic heterocycles. The Balaban J connectivity index is 2.34. The van der Waals surface area contributed by atoms with Crippen molar-refractivity contribution in [3.05, 3.63) is 48.0 Å². The van der Waals surface area contributed by atoms with Crippen LogP contribution in [0.2, 0.25) is 0 Å². The molecule has 2 aromatic carbocycles. The van der Waals surface area contributed by atoms with Crippen LogP contribution in [0.1, 0.15) is 24.9 Å². The predicted octanol–water partition coefficient (Wildman–Crippen LogP) is 3.04. The Morgan fingerprint density at radius 2 is 1.89 bits per heavy atom. The van der Waals surface area contributed by atoms with Crippen molar-refractivity contribution in [1.82, 2.24) is 0 Å². The Kier molecular flexibility index (Phi) is 4.17. The van der Waals surface area contributed by atoms with Gasteiger partial charge in [-0.05, 0) is 28.8 Å². The lowest BCUT2D eigenvalue weighted by Crippen LogP contribution is -2.28. The van der Waals surface area contributed by atoms with Gasteiger partial charge in [-0.25, -0.2) is 0 Å². The number of hydrogen-bond acceptors (Lipinski definition) is 3. The summed E-state index contributed by atoms with van der Waals surface area (Å²) in [6, 6.07) is 13.8. The van der Waals surface area contributed by atoms with Crippen molar-refractivity contribution in [1.29, 1.82) is 0 Å². The lowest BCUT2D eigenvalue weighted by Gasteiger charge is -2.21. The molecule has 0 bridgehead atoms. The Hall–Kier alpha value is -1.87. The Morgan fingerprint density at radius 3 is 2.53 bits per heavy atom. The summed E-state index contributed by atoms with van der Waals surface area (Å²) >= 11 is 0. The fourth-order valence-electron chi connectivity index (χ4n) is 2.37. The monoisotopic (exact) mass is 257 g/mol. The van der Waals surface area contributed by atoms with Gasteiger partial charge in [0, 0.05) is 6.04 Å². The van der Waals surface area contributed by atoms with E-state index in [0.717, 1.165) is 10.9 Å². The average Bonchev–Trinajstić information content (AvgIpc) is 2.47. The first-order valence-corrected chi connectivity index (χ1v) is 6.49. The molecule has 3 nitrogen and oxygen atoms in total. The molecular weight excluding hydrogens is 238 g/mol. The summed E-state index contributed by atoms with van der Waals surface area (Å²) < 4.78 is 4.81. The molecule has 19 heavy (non-hydrogen) atoms. The third-order valence-corrected chi connectivity index (χ3v) is 3.54. The highest BCUT2D eigenvalue weighted by atomic mass is 16.5. The van der Waals surface area contributed by atoms with Crippen molar-refractivity contribution in [3.8, 4) is 0 Å². The van der Waals surface area contributed by atoms with E-state index in [2.05, 4.69) is 6.07 Å². The molecule has 0 radical (unpaired) electrons. The van der Waals surface area contributed by atoms with Gasteiger partial charge in [-0.2, -0.15) is 0 Å². The topological polar surface area (TPSA) is 52.3 Å². The van der Waals surface area contributed by atoms with Gasteiger partial charge in [0.15, 0.2) is 0 Å². The van der Waals surface area contributed by atoms with Crippen molar-refractivity contribution in [2.75, 3.05) is 7.11 Å². The molecule has 0 aliphatic carbocycles. The standard InChI is InChI=1S/C16H19NO2/c1-3-14(16(18)19-2)15(17)13-9-8-11-6-4-5-7-12(11)10-13/h4-10,14-15H,3,17H2,1-2H3. The molecular formula is C16H19NO2. The van der Waals surface area contributed by atoms with Crippen LogP contribution in [0, 0.1) is 5.92 Å². The summed E-state index contributed by atoms with van der Waals surface area (Å²) in [4.78, 5) is 11.7. The van der Waals surface area contributed by atoms with Crippen molar-refractivity contribution in [2.45, 2.75) is 19.4 Å². The SMILES string of the molecule is CCC(C(=O)OC)C(N)c1ccc2ccccc2c1. The molecule has 2 atom stereocenters. The van der Waals surface area contributed by atoms with Gasteiger partial charge in [-0.1, -0.05) is 43.3 Å². The van der Waals surface area contributed by atoms with Gasteiger partial charge in [0.2, 0.25) is 0 Å². The molecule has 0 aromatic heterocycles. The summed E-state index contributed by atoms with van der Waals surface area (Å²) in [7, 11) is 1.40. The van der Waals surface area contributed by atoms with Gasteiger partial charge in [-0.3, -0.25) is 4.79 Å². The van der Waals surface area contributed by atoms with E-state index in [1.54, 1.807) is 0 Å². The molecule has 0 spiro atoms. The van der Waals surface area contributed by atoms with E-state index >= 15 is 0 Å². The van der Waals surface area contributed by atoms with Crippen LogP contribution in [0.3, 0.4) is 0 Å². The molecule has 0 saturated carbocycles. The van der Waals surface area contributed by atoms with Crippen LogP contribution in [-0.4, -0.2) is 13.1 Å².